The fourth-order valence-corrected chi connectivity index (χ4v) is 8.37. The van der Waals surface area contributed by atoms with Gasteiger partial charge in [-0.2, -0.15) is 0 Å². The molecular formula is C36H36ClN7O2. The van der Waals surface area contributed by atoms with Gasteiger partial charge in [-0.1, -0.05) is 29.8 Å². The normalized spacial score (nSPS) is 22.7. The van der Waals surface area contributed by atoms with Gasteiger partial charge in [-0.3, -0.25) is 9.59 Å². The monoisotopic (exact) mass is 633 g/mol. The highest BCUT2D eigenvalue weighted by Gasteiger charge is 2.47. The van der Waals surface area contributed by atoms with E-state index >= 15 is 0 Å². The molecule has 2 saturated carbocycles. The number of fused-ring (bicyclic) bond motifs is 4. The first-order chi connectivity index (χ1) is 22.4. The summed E-state index contributed by atoms with van der Waals surface area (Å²) in [5.74, 6) is 2.09. The highest BCUT2D eigenvalue weighted by Crippen LogP contribution is 2.40. The van der Waals surface area contributed by atoms with E-state index in [-0.39, 0.29) is 29.8 Å². The maximum absolute atomic E-state index is 13.8. The molecule has 2 saturated heterocycles. The van der Waals surface area contributed by atoms with Crippen molar-refractivity contribution in [1.82, 2.24) is 28.9 Å². The number of hydrogen-bond donors (Lipinski definition) is 1. The van der Waals surface area contributed by atoms with Gasteiger partial charge in [0.25, 0.3) is 11.8 Å². The minimum absolute atomic E-state index is 0.0244. The number of nitrogens with zero attached hydrogens (tertiary/aromatic N) is 6. The molecule has 2 N–H and O–H groups in total. The summed E-state index contributed by atoms with van der Waals surface area (Å²) >= 11 is 7.10. The number of pyridine rings is 1. The van der Waals surface area contributed by atoms with E-state index in [1.165, 1.54) is 12.8 Å². The van der Waals surface area contributed by atoms with Crippen molar-refractivity contribution in [3.8, 4) is 11.5 Å². The number of rotatable bonds is 7. The maximum Gasteiger partial charge on any atom is 0.254 e. The first-order valence-corrected chi connectivity index (χ1v) is 16.9. The highest BCUT2D eigenvalue weighted by molar-refractivity contribution is 6.35. The fourth-order valence-electron chi connectivity index (χ4n) is 8.05. The summed E-state index contributed by atoms with van der Waals surface area (Å²) in [6, 6.07) is 19.5. The van der Waals surface area contributed by atoms with E-state index in [0.717, 1.165) is 47.5 Å². The molecular weight excluding hydrogens is 598 g/mol. The molecule has 234 valence electrons. The van der Waals surface area contributed by atoms with E-state index in [4.69, 9.17) is 27.3 Å². The van der Waals surface area contributed by atoms with E-state index in [9.17, 15) is 9.59 Å². The third-order valence-electron chi connectivity index (χ3n) is 10.7. The lowest BCUT2D eigenvalue weighted by atomic mass is 9.98. The minimum atomic E-state index is -0.0244. The van der Waals surface area contributed by atoms with Crippen molar-refractivity contribution in [3.05, 3.63) is 83.0 Å². The molecule has 4 aliphatic rings. The Morgan fingerprint density at radius 1 is 0.848 bits per heavy atom. The number of carbonyl (C=O) groups is 2. The molecule has 5 aromatic rings. The third kappa shape index (κ3) is 4.54. The van der Waals surface area contributed by atoms with Crippen LogP contribution in [0.15, 0.2) is 66.9 Å². The molecule has 2 aromatic carbocycles. The summed E-state index contributed by atoms with van der Waals surface area (Å²) in [6.07, 6.45) is 6.32. The molecule has 3 atom stereocenters. The maximum atomic E-state index is 13.8. The average molecular weight is 634 g/mol. The van der Waals surface area contributed by atoms with Crippen LogP contribution in [0, 0.1) is 17.8 Å². The largest absolute Gasteiger partial charge is 0.338 e. The quantitative estimate of drug-likeness (QED) is 0.257. The summed E-state index contributed by atoms with van der Waals surface area (Å²) in [5, 5.41) is 1.58. The van der Waals surface area contributed by atoms with E-state index in [2.05, 4.69) is 21.3 Å². The van der Waals surface area contributed by atoms with E-state index < -0.39 is 0 Å². The summed E-state index contributed by atoms with van der Waals surface area (Å²) in [4.78, 5) is 40.7. The Morgan fingerprint density at radius 3 is 2.39 bits per heavy atom. The Balaban J connectivity index is 1.11. The van der Waals surface area contributed by atoms with Crippen LogP contribution in [0.25, 0.3) is 33.6 Å². The van der Waals surface area contributed by atoms with Crippen LogP contribution in [0.5, 0.6) is 0 Å². The van der Waals surface area contributed by atoms with E-state index in [0.29, 0.717) is 59.7 Å². The van der Waals surface area contributed by atoms with Crippen molar-refractivity contribution in [2.45, 2.75) is 50.9 Å². The van der Waals surface area contributed by atoms with Gasteiger partial charge >= 0.3 is 0 Å². The lowest BCUT2D eigenvalue weighted by Crippen LogP contribution is -2.51. The Hall–Kier alpha value is -4.21. The molecule has 2 aliphatic carbocycles. The van der Waals surface area contributed by atoms with Gasteiger partial charge in [0.05, 0.1) is 21.7 Å². The molecule has 0 spiro atoms. The zero-order valence-electron chi connectivity index (χ0n) is 25.6. The number of imidazole rings is 1. The van der Waals surface area contributed by atoms with Crippen LogP contribution in [0.4, 0.5) is 0 Å². The number of amides is 2. The summed E-state index contributed by atoms with van der Waals surface area (Å²) in [6.45, 7) is 3.56. The Bertz CT molecular complexity index is 2010. The van der Waals surface area contributed by atoms with Gasteiger partial charge in [0.1, 0.15) is 5.65 Å². The zero-order chi connectivity index (χ0) is 31.1. The van der Waals surface area contributed by atoms with Crippen LogP contribution >= 0.6 is 11.6 Å². The number of hydrogen-bond acceptors (Lipinski definition) is 5. The lowest BCUT2D eigenvalue weighted by Gasteiger charge is -2.39. The number of benzene rings is 2. The predicted octanol–water partition coefficient (Wildman–Crippen LogP) is 5.45. The van der Waals surface area contributed by atoms with E-state index in [1.807, 2.05) is 58.5 Å². The lowest BCUT2D eigenvalue weighted by molar-refractivity contribution is 0.0471. The van der Waals surface area contributed by atoms with Crippen molar-refractivity contribution in [2.75, 3.05) is 19.6 Å². The van der Waals surface area contributed by atoms with Gasteiger partial charge in [-0.05, 0) is 80.0 Å². The molecule has 4 fully saturated rings. The number of halogens is 1. The number of nitrogens with two attached hydrogens (primary N) is 1. The standard InChI is InChI=1S/C36H36ClN7O2/c37-27-13-26(36(46)43-20-25-10-11-29(43)31(25)38)14-28-32(27)44(19-22-16-41(17-22)35(45)23-5-2-1-3-6-23)34(40-28)30-15-24-7-4-12-39-33(24)42(30)18-21-8-9-21/h1-7,12-15,21-22,25,29,31H,8-11,16-20,38H2/t25?,29?,31-/m1/s1. The van der Waals surface area contributed by atoms with Crippen LogP contribution in [0.1, 0.15) is 46.4 Å². The molecule has 2 bridgehead atoms. The number of likely N-dealkylation sites (tertiary alicyclic amines) is 2. The molecule has 2 aliphatic heterocycles. The number of carbonyl (C=O) groups excluding carboxylic acids is 2. The first kappa shape index (κ1) is 28.0. The van der Waals surface area contributed by atoms with Gasteiger partial charge in [-0.25, -0.2) is 9.97 Å². The second-order valence-corrected chi connectivity index (χ2v) is 14.2. The van der Waals surface area contributed by atoms with Crippen molar-refractivity contribution in [1.29, 1.82) is 0 Å². The molecule has 10 heteroatoms. The topological polar surface area (TPSA) is 102 Å². The molecule has 2 amide bonds. The summed E-state index contributed by atoms with van der Waals surface area (Å²) in [7, 11) is 0. The molecule has 9 nitrogen and oxygen atoms in total. The van der Waals surface area contributed by atoms with Gasteiger partial charge in [-0.15, -0.1) is 0 Å². The second-order valence-electron chi connectivity index (χ2n) is 13.8. The Labute approximate surface area is 271 Å². The zero-order valence-corrected chi connectivity index (χ0v) is 26.3. The van der Waals surface area contributed by atoms with Gasteiger partial charge in [0.15, 0.2) is 5.82 Å². The number of piperidine rings is 1. The molecule has 0 radical (unpaired) electrons. The number of aromatic nitrogens is 4. The van der Waals surface area contributed by atoms with Crippen LogP contribution in [0.2, 0.25) is 5.02 Å². The SMILES string of the molecule is N[C@@H]1C2CCC1N(C(=O)c1cc(Cl)c3c(c1)nc(-c1cc4cccnc4n1CC1CC1)n3CC1CN(C(=O)c3ccccc3)C1)C2. The fraction of sp³-hybridized carbons (Fsp3) is 0.389. The predicted molar refractivity (Wildman–Crippen MR) is 178 cm³/mol. The van der Waals surface area contributed by atoms with Crippen molar-refractivity contribution in [2.24, 2.45) is 23.5 Å². The minimum Gasteiger partial charge on any atom is -0.338 e. The van der Waals surface area contributed by atoms with Crippen LogP contribution in [-0.2, 0) is 13.1 Å². The van der Waals surface area contributed by atoms with Gasteiger partial charge in [0, 0.05) is 73.4 Å². The van der Waals surface area contributed by atoms with Gasteiger partial charge < -0.3 is 24.7 Å². The molecule has 9 rings (SSSR count). The van der Waals surface area contributed by atoms with Crippen molar-refractivity contribution >= 4 is 45.5 Å². The molecule has 46 heavy (non-hydrogen) atoms. The Kier molecular flexibility index (Phi) is 6.51. The van der Waals surface area contributed by atoms with Crippen molar-refractivity contribution < 1.29 is 9.59 Å². The van der Waals surface area contributed by atoms with Crippen LogP contribution in [0.3, 0.4) is 0 Å². The average Bonchev–Trinajstić information content (AvgIpc) is 3.40. The molecule has 2 unspecified atom stereocenters. The highest BCUT2D eigenvalue weighted by atomic mass is 35.5. The first-order valence-electron chi connectivity index (χ1n) is 16.5. The van der Waals surface area contributed by atoms with E-state index in [1.54, 1.807) is 6.07 Å². The third-order valence-corrected chi connectivity index (χ3v) is 11.0. The van der Waals surface area contributed by atoms with Crippen LogP contribution < -0.4 is 5.73 Å². The molecule has 3 aromatic heterocycles. The van der Waals surface area contributed by atoms with Crippen LogP contribution in [-0.4, -0.2) is 72.4 Å². The Morgan fingerprint density at radius 2 is 1.65 bits per heavy atom. The second kappa shape index (κ2) is 10.7. The van der Waals surface area contributed by atoms with Gasteiger partial charge in [0.2, 0.25) is 0 Å². The van der Waals surface area contributed by atoms with Crippen molar-refractivity contribution in [3.63, 3.8) is 0 Å². The summed E-state index contributed by atoms with van der Waals surface area (Å²) in [5.41, 5.74) is 11.2. The molecule has 5 heterocycles. The smallest absolute Gasteiger partial charge is 0.254 e. The summed E-state index contributed by atoms with van der Waals surface area (Å²) < 4.78 is 4.52.